The molecule has 5 aromatic rings. The molecule has 146 valence electrons. The van der Waals surface area contributed by atoms with Gasteiger partial charge in [0.15, 0.2) is 0 Å². The smallest absolute Gasteiger partial charge is 0.0516 e. The molecule has 1 nitrogen and oxygen atoms in total. The molecule has 29 heavy (non-hydrogen) atoms. The van der Waals surface area contributed by atoms with E-state index in [4.69, 9.17) is 18.6 Å². The average Bonchev–Trinajstić information content (AvgIpc) is 3.53. The van der Waals surface area contributed by atoms with Crippen molar-refractivity contribution in [2.45, 2.75) is 19.3 Å². The molecule has 4 aromatic carbocycles. The van der Waals surface area contributed by atoms with Crippen LogP contribution in [0.5, 0.6) is 0 Å². The van der Waals surface area contributed by atoms with E-state index in [1.165, 1.54) is 52.3 Å². The monoisotopic (exact) mass is 453 g/mol. The molecule has 0 atom stereocenters. The number of hydrogen-bond donors (Lipinski definition) is 0. The topological polar surface area (TPSA) is 4.93 Å². The largest absolute Gasteiger partial charge is 0.332 e. The number of aromatic nitrogens is 1. The minimum absolute atomic E-state index is 0.556. The van der Waals surface area contributed by atoms with Gasteiger partial charge in [-0.15, -0.1) is 41.1 Å². The van der Waals surface area contributed by atoms with Crippen LogP contribution in [0.4, 0.5) is 0 Å². The molecule has 0 N–H and O–H groups in total. The van der Waals surface area contributed by atoms with Crippen LogP contribution in [0, 0.1) is 0 Å². The maximum absolute atomic E-state index is 4.89. The van der Waals surface area contributed by atoms with Gasteiger partial charge in [-0.05, 0) is 36.6 Å². The van der Waals surface area contributed by atoms with Crippen LogP contribution in [0.1, 0.15) is 17.7 Å². The van der Waals surface area contributed by atoms with Gasteiger partial charge in [0, 0.05) is 11.1 Å². The second-order valence-corrected chi connectivity index (χ2v) is 9.59. The Hall–Kier alpha value is -1.77. The molecule has 0 radical (unpaired) electrons. The predicted molar refractivity (Wildman–Crippen MR) is 122 cm³/mol. The molecule has 0 amide bonds. The molecule has 0 saturated heterocycles. The molecule has 0 spiro atoms. The Bertz CT molecular complexity index is 1130. The van der Waals surface area contributed by atoms with Gasteiger partial charge in [0.25, 0.3) is 0 Å². The molecule has 1 aromatic heterocycles. The van der Waals surface area contributed by atoms with E-state index in [-0.39, 0.29) is 0 Å². The Labute approximate surface area is 188 Å². The molecule has 0 fully saturated rings. The molecule has 6 rings (SSSR count). The molecule has 1 aliphatic rings. The van der Waals surface area contributed by atoms with Crippen molar-refractivity contribution in [1.82, 2.24) is 4.57 Å². The van der Waals surface area contributed by atoms with Crippen LogP contribution < -0.4 is 0 Å². The van der Waals surface area contributed by atoms with Crippen molar-refractivity contribution in [2.75, 3.05) is 0 Å². The third kappa shape index (κ3) is 4.39. The first-order chi connectivity index (χ1) is 14.3. The summed E-state index contributed by atoms with van der Waals surface area (Å²) in [7, 11) is 9.78. The molecule has 1 heterocycles. The van der Waals surface area contributed by atoms with E-state index in [0.29, 0.717) is 0 Å². The first kappa shape index (κ1) is 20.5. The van der Waals surface area contributed by atoms with Crippen molar-refractivity contribution < 1.29 is 17.0 Å². The fraction of sp³-hybridized carbons (Fsp3) is 0.120. The number of aryl methyl sites for hydroxylation is 1. The molecule has 0 aliphatic heterocycles. The normalized spacial score (nSPS) is 12.1. The summed E-state index contributed by atoms with van der Waals surface area (Å²) in [6.07, 6.45) is 3.71. The number of rotatable bonds is 1. The van der Waals surface area contributed by atoms with E-state index < -0.39 is 17.0 Å². The van der Waals surface area contributed by atoms with Gasteiger partial charge in [0.05, 0.1) is 5.52 Å². The van der Waals surface area contributed by atoms with Crippen LogP contribution in [0.25, 0.3) is 27.4 Å². The summed E-state index contributed by atoms with van der Waals surface area (Å²) in [5.74, 6) is 0. The Kier molecular flexibility index (Phi) is 6.95. The van der Waals surface area contributed by atoms with Crippen LogP contribution in [0.2, 0.25) is 0 Å². The van der Waals surface area contributed by atoms with Gasteiger partial charge in [0.1, 0.15) is 0 Å². The van der Waals surface area contributed by atoms with E-state index >= 15 is 0 Å². The van der Waals surface area contributed by atoms with Crippen molar-refractivity contribution in [3.63, 3.8) is 0 Å². The zero-order valence-corrected chi connectivity index (χ0v) is 19.1. The summed E-state index contributed by atoms with van der Waals surface area (Å²) in [5, 5.41) is 4.10. The zero-order chi connectivity index (χ0) is 20.1. The molecule has 1 aliphatic carbocycles. The Balaban J connectivity index is 0.000000218. The van der Waals surface area contributed by atoms with Gasteiger partial charge in [-0.3, -0.25) is 0 Å². The molecular weight excluding hydrogens is 433 g/mol. The molecule has 0 bridgehead atoms. The van der Waals surface area contributed by atoms with Gasteiger partial charge in [-0.1, -0.05) is 24.3 Å². The first-order valence-electron chi connectivity index (χ1n) is 9.73. The standard InChI is InChI=1S/C20H16N.C5H5.2ClH.Ti/c1-2-7-15-13-16(12-14(15)6-1)21-19-10-4-3-8-17(19)18-9-5-11-20(18)21;1-2-4-5-3-1;;;/h1-4,6-8,10,12-13H,5,9,11H2;1-5H;2*1H;/q2*-1;;;+2/p-2. The van der Waals surface area contributed by atoms with Gasteiger partial charge in [-0.25, -0.2) is 12.1 Å². The summed E-state index contributed by atoms with van der Waals surface area (Å²) >= 11 is -0.556. The van der Waals surface area contributed by atoms with Crippen LogP contribution in [-0.2, 0) is 29.9 Å². The van der Waals surface area contributed by atoms with Crippen molar-refractivity contribution in [2.24, 2.45) is 0 Å². The number of nitrogens with zero attached hydrogens (tertiary/aromatic N) is 1. The van der Waals surface area contributed by atoms with Crippen LogP contribution in [0.3, 0.4) is 0 Å². The molecule has 0 unspecified atom stereocenters. The van der Waals surface area contributed by atoms with Crippen molar-refractivity contribution in [3.05, 3.63) is 102 Å². The summed E-state index contributed by atoms with van der Waals surface area (Å²) in [4.78, 5) is 0. The number of para-hydroxylation sites is 1. The quantitative estimate of drug-likeness (QED) is 0.180. The van der Waals surface area contributed by atoms with Crippen molar-refractivity contribution in [3.8, 4) is 5.69 Å². The second-order valence-electron chi connectivity index (χ2n) is 7.01. The van der Waals surface area contributed by atoms with Crippen LogP contribution in [0.15, 0.2) is 91.0 Å². The van der Waals surface area contributed by atoms with Gasteiger partial charge in [-0.2, -0.15) is 18.2 Å². The molecular formula is C25H21Cl2NTi-2. The minimum Gasteiger partial charge on any atom is -0.332 e. The third-order valence-electron chi connectivity index (χ3n) is 5.35. The fourth-order valence-electron chi connectivity index (χ4n) is 4.21. The minimum atomic E-state index is -0.556. The Morgan fingerprint density at radius 3 is 2.31 bits per heavy atom. The van der Waals surface area contributed by atoms with Crippen molar-refractivity contribution in [1.29, 1.82) is 0 Å². The fourth-order valence-corrected chi connectivity index (χ4v) is 4.21. The average molecular weight is 454 g/mol. The van der Waals surface area contributed by atoms with E-state index in [2.05, 4.69) is 65.2 Å². The first-order valence-corrected chi connectivity index (χ1v) is 14.0. The Morgan fingerprint density at radius 2 is 1.59 bits per heavy atom. The zero-order valence-electron chi connectivity index (χ0n) is 16.0. The van der Waals surface area contributed by atoms with Crippen molar-refractivity contribution >= 4 is 40.3 Å². The number of benzene rings is 2. The van der Waals surface area contributed by atoms with E-state index in [1.54, 1.807) is 5.56 Å². The number of halogens is 2. The summed E-state index contributed by atoms with van der Waals surface area (Å²) in [5.41, 5.74) is 5.76. The van der Waals surface area contributed by atoms with Crippen LogP contribution in [-0.4, -0.2) is 4.57 Å². The van der Waals surface area contributed by atoms with Gasteiger partial charge >= 0.3 is 35.6 Å². The van der Waals surface area contributed by atoms with E-state index in [1.807, 2.05) is 30.3 Å². The number of hydrogen-bond acceptors (Lipinski definition) is 0. The summed E-state index contributed by atoms with van der Waals surface area (Å²) < 4.78 is 2.48. The summed E-state index contributed by atoms with van der Waals surface area (Å²) in [6.45, 7) is 0. The SMILES string of the molecule is [Cl][Ti][Cl].c1cc[cH-]c1.c1ccc2[cH-]c(-n3c4c(c5ccccc53)CCC4)cc2c1. The maximum Gasteiger partial charge on any atom is 0.0516 e. The Morgan fingerprint density at radius 1 is 0.862 bits per heavy atom. The van der Waals surface area contributed by atoms with Gasteiger partial charge < -0.3 is 4.57 Å². The van der Waals surface area contributed by atoms with Gasteiger partial charge in [0.2, 0.25) is 0 Å². The molecule has 0 saturated carbocycles. The van der Waals surface area contributed by atoms with E-state index in [9.17, 15) is 0 Å². The summed E-state index contributed by atoms with van der Waals surface area (Å²) in [6, 6.07) is 32.1. The third-order valence-corrected chi connectivity index (χ3v) is 5.35. The van der Waals surface area contributed by atoms with Crippen LogP contribution >= 0.6 is 18.6 Å². The molecule has 4 heteroatoms. The number of fused-ring (bicyclic) bond motifs is 4. The second kappa shape index (κ2) is 9.83. The maximum atomic E-state index is 4.89. The van der Waals surface area contributed by atoms with E-state index in [0.717, 1.165) is 0 Å². The predicted octanol–water partition coefficient (Wildman–Crippen LogP) is 7.77.